The lowest BCUT2D eigenvalue weighted by Gasteiger charge is -2.27. The Balaban J connectivity index is 1.38. The number of aliphatic hydroxyl groups is 1. The second kappa shape index (κ2) is 14.9. The molecule has 1 aliphatic rings. The highest BCUT2D eigenvalue weighted by Gasteiger charge is 2.46. The van der Waals surface area contributed by atoms with Crippen LogP contribution in [0.4, 0.5) is 10.6 Å². The van der Waals surface area contributed by atoms with Crippen LogP contribution in [0.1, 0.15) is 43.4 Å². The first-order valence-corrected chi connectivity index (χ1v) is 16.8. The first-order chi connectivity index (χ1) is 22.5. The molecule has 2 amide bonds. The second-order valence-electron chi connectivity index (χ2n) is 12.4. The van der Waals surface area contributed by atoms with Crippen LogP contribution in [0.15, 0.2) is 73.3 Å². The van der Waals surface area contributed by atoms with Crippen molar-refractivity contribution in [3.63, 3.8) is 0 Å². The Hall–Kier alpha value is -3.91. The van der Waals surface area contributed by atoms with Crippen molar-refractivity contribution in [1.82, 2.24) is 30.2 Å². The van der Waals surface area contributed by atoms with E-state index >= 15 is 0 Å². The first-order valence-electron chi connectivity index (χ1n) is 15.2. The molecule has 12 nitrogen and oxygen atoms in total. The summed E-state index contributed by atoms with van der Waals surface area (Å²) in [7, 11) is 3.69. The number of benzene rings is 2. The summed E-state index contributed by atoms with van der Waals surface area (Å²) in [6, 6.07) is 18.0. The monoisotopic (exact) mass is 681 g/mol. The Morgan fingerprint density at radius 1 is 1.06 bits per heavy atom. The van der Waals surface area contributed by atoms with Gasteiger partial charge in [-0.1, -0.05) is 60.7 Å². The number of hydrogen-bond donors (Lipinski definition) is 3. The van der Waals surface area contributed by atoms with Gasteiger partial charge in [-0.05, 0) is 31.9 Å². The Morgan fingerprint density at radius 3 is 2.28 bits per heavy atom. The molecule has 0 radical (unpaired) electrons. The van der Waals surface area contributed by atoms with Gasteiger partial charge in [-0.15, -0.1) is 23.4 Å². The van der Waals surface area contributed by atoms with Crippen molar-refractivity contribution in [3.8, 4) is 0 Å². The lowest BCUT2D eigenvalue weighted by molar-refractivity contribution is -0.124. The van der Waals surface area contributed by atoms with E-state index in [1.54, 1.807) is 25.3 Å². The van der Waals surface area contributed by atoms with E-state index < -0.39 is 48.1 Å². The number of hydrogen-bond acceptors (Lipinski definition) is 10. The zero-order valence-electron chi connectivity index (χ0n) is 26.9. The number of ether oxygens (including phenoxy) is 2. The number of carbonyl (C=O) groups excluding carboxylic acids is 2. The number of imidazole rings is 1. The summed E-state index contributed by atoms with van der Waals surface area (Å²) in [5.41, 5.74) is 2.33. The van der Waals surface area contributed by atoms with E-state index in [4.69, 9.17) is 21.1 Å². The van der Waals surface area contributed by atoms with Gasteiger partial charge in [0.25, 0.3) is 0 Å². The second-order valence-corrected chi connectivity index (χ2v) is 13.8. The molecule has 1 aliphatic heterocycles. The molecular weight excluding hydrogens is 642 g/mol. The van der Waals surface area contributed by atoms with E-state index in [1.165, 1.54) is 24.4 Å². The number of rotatable bonds is 11. The molecule has 4 aromatic rings. The molecular formula is C33H40ClN7O5S. The summed E-state index contributed by atoms with van der Waals surface area (Å²) in [6.07, 6.45) is -0.694. The summed E-state index contributed by atoms with van der Waals surface area (Å²) >= 11 is 7.81. The third-order valence-corrected chi connectivity index (χ3v) is 9.22. The number of alkyl halides is 1. The van der Waals surface area contributed by atoms with Crippen molar-refractivity contribution in [1.29, 1.82) is 0 Å². The number of amides is 2. The highest BCUT2D eigenvalue weighted by molar-refractivity contribution is 7.99. The smallest absolute Gasteiger partial charge is 0.408 e. The molecule has 0 spiro atoms. The Kier molecular flexibility index (Phi) is 10.9. The number of carbonyl (C=O) groups is 2. The van der Waals surface area contributed by atoms with Gasteiger partial charge >= 0.3 is 6.09 Å². The molecule has 0 saturated carbocycles. The van der Waals surface area contributed by atoms with Gasteiger partial charge in [0.1, 0.15) is 24.1 Å². The Bertz CT molecular complexity index is 1610. The third-order valence-electron chi connectivity index (χ3n) is 7.51. The van der Waals surface area contributed by atoms with Gasteiger partial charge < -0.3 is 30.1 Å². The largest absolute Gasteiger partial charge is 0.444 e. The molecule has 1 fully saturated rings. The van der Waals surface area contributed by atoms with Gasteiger partial charge in [-0.25, -0.2) is 19.7 Å². The normalized spacial score (nSPS) is 20.3. The zero-order chi connectivity index (χ0) is 33.7. The van der Waals surface area contributed by atoms with E-state index in [0.717, 1.165) is 11.1 Å². The number of aromatic nitrogens is 4. The number of thioether (sulfide) groups is 1. The molecule has 0 bridgehead atoms. The summed E-state index contributed by atoms with van der Waals surface area (Å²) < 4.78 is 13.3. The molecule has 2 aromatic carbocycles. The molecule has 5 rings (SSSR count). The minimum Gasteiger partial charge on any atom is -0.444 e. The van der Waals surface area contributed by atoms with Gasteiger partial charge in [-0.3, -0.25) is 9.36 Å². The maximum absolute atomic E-state index is 14.0. The van der Waals surface area contributed by atoms with Crippen molar-refractivity contribution in [3.05, 3.63) is 84.4 Å². The molecule has 0 unspecified atom stereocenters. The fraction of sp³-hybridized carbons (Fsp3) is 0.424. The minimum atomic E-state index is -1.21. The number of fused-ring (bicyclic) bond motifs is 1. The molecule has 14 heteroatoms. The fourth-order valence-electron chi connectivity index (χ4n) is 5.37. The number of anilines is 1. The van der Waals surface area contributed by atoms with Gasteiger partial charge in [0.2, 0.25) is 5.91 Å². The van der Waals surface area contributed by atoms with Crippen LogP contribution in [0, 0.1) is 0 Å². The maximum Gasteiger partial charge on any atom is 0.408 e. The van der Waals surface area contributed by atoms with Crippen LogP contribution in [0.5, 0.6) is 0 Å². The highest BCUT2D eigenvalue weighted by atomic mass is 35.5. The molecule has 0 aliphatic carbocycles. The average Bonchev–Trinajstić information content (AvgIpc) is 3.60. The van der Waals surface area contributed by atoms with Crippen LogP contribution in [-0.4, -0.2) is 92.2 Å². The van der Waals surface area contributed by atoms with Crippen molar-refractivity contribution < 1.29 is 24.2 Å². The van der Waals surface area contributed by atoms with E-state index in [9.17, 15) is 14.7 Å². The topological polar surface area (TPSA) is 144 Å². The number of halogens is 1. The molecule has 3 N–H and O–H groups in total. The Labute approximate surface area is 283 Å². The molecule has 2 aromatic heterocycles. The Morgan fingerprint density at radius 2 is 1.70 bits per heavy atom. The van der Waals surface area contributed by atoms with Crippen molar-refractivity contribution in [2.24, 2.45) is 0 Å². The van der Waals surface area contributed by atoms with E-state index in [1.807, 2.05) is 79.7 Å². The average molecular weight is 682 g/mol. The number of nitrogens with zero attached hydrogens (tertiary/aromatic N) is 5. The van der Waals surface area contributed by atoms with Crippen molar-refractivity contribution >= 4 is 52.3 Å². The SMILES string of the molecule is CN(C)c1ncnc2c1ncn2[C@@H]1O[C@H](CCl)[C@@H](NC(=O)[C@@H](CSC(c2ccccc2)c2ccccc2)NC(=O)OC(C)(C)C)[C@H]1O. The van der Waals surface area contributed by atoms with E-state index in [2.05, 4.69) is 25.6 Å². The lowest BCUT2D eigenvalue weighted by atomic mass is 10.0. The number of aliphatic hydroxyl groups excluding tert-OH is 1. The molecule has 250 valence electrons. The van der Waals surface area contributed by atoms with Gasteiger partial charge in [0.05, 0.1) is 29.6 Å². The van der Waals surface area contributed by atoms with Crippen molar-refractivity contribution in [2.45, 2.75) is 62.1 Å². The maximum atomic E-state index is 14.0. The van der Waals surface area contributed by atoms with Crippen LogP contribution in [0.2, 0.25) is 0 Å². The van der Waals surface area contributed by atoms with Crippen LogP contribution in [0.25, 0.3) is 11.2 Å². The predicted molar refractivity (Wildman–Crippen MR) is 183 cm³/mol. The predicted octanol–water partition coefficient (Wildman–Crippen LogP) is 4.29. The zero-order valence-corrected chi connectivity index (χ0v) is 28.5. The molecule has 1 saturated heterocycles. The summed E-state index contributed by atoms with van der Waals surface area (Å²) in [5.74, 6) is 0.290. The first kappa shape index (κ1) is 34.4. The minimum absolute atomic E-state index is 0.00787. The standard InChI is InChI=1S/C33H40ClN7O5S/c1-33(2,3)46-32(44)38-22(17-47-27(20-12-8-6-9-13-20)21-14-10-7-11-15-21)30(43)39-24-23(16-34)45-31(26(24)42)41-19-37-25-28(40(4)5)35-18-36-29(25)41/h6-15,18-19,22-24,26-27,31,42H,16-17H2,1-5H3,(H,38,44)(H,39,43)/t22-,23-,24-,26-,31-/m1/s1. The van der Waals surface area contributed by atoms with Gasteiger partial charge in [-0.2, -0.15) is 0 Å². The molecule has 3 heterocycles. The summed E-state index contributed by atoms with van der Waals surface area (Å²) in [6.45, 7) is 5.25. The van der Waals surface area contributed by atoms with Gasteiger partial charge in [0.15, 0.2) is 23.2 Å². The van der Waals surface area contributed by atoms with Crippen LogP contribution < -0.4 is 15.5 Å². The van der Waals surface area contributed by atoms with Crippen molar-refractivity contribution in [2.75, 3.05) is 30.6 Å². The van der Waals surface area contributed by atoms with E-state index in [-0.39, 0.29) is 16.9 Å². The summed E-state index contributed by atoms with van der Waals surface area (Å²) in [5, 5.41) is 17.1. The molecule has 5 atom stereocenters. The van der Waals surface area contributed by atoms with E-state index in [0.29, 0.717) is 17.0 Å². The third kappa shape index (κ3) is 8.15. The van der Waals surface area contributed by atoms with Crippen LogP contribution in [-0.2, 0) is 14.3 Å². The highest BCUT2D eigenvalue weighted by Crippen LogP contribution is 2.37. The number of alkyl carbamates (subject to hydrolysis) is 1. The van der Waals surface area contributed by atoms with Crippen LogP contribution in [0.3, 0.4) is 0 Å². The molecule has 47 heavy (non-hydrogen) atoms. The lowest BCUT2D eigenvalue weighted by Crippen LogP contribution is -2.56. The quantitative estimate of drug-likeness (QED) is 0.196. The van der Waals surface area contributed by atoms with Gasteiger partial charge in [0, 0.05) is 19.8 Å². The van der Waals surface area contributed by atoms with Crippen LogP contribution >= 0.6 is 23.4 Å². The fourth-order valence-corrected chi connectivity index (χ4v) is 6.95. The number of nitrogens with one attached hydrogen (secondary N) is 2. The summed E-state index contributed by atoms with van der Waals surface area (Å²) in [4.78, 5) is 41.8.